The number of amides is 4. The molecule has 11 aromatic rings. The van der Waals surface area contributed by atoms with Crippen molar-refractivity contribution in [3.05, 3.63) is 226 Å². The lowest BCUT2D eigenvalue weighted by molar-refractivity contribution is 0.0874. The fourth-order valence-corrected chi connectivity index (χ4v) is 12.2. The van der Waals surface area contributed by atoms with Gasteiger partial charge in [0.05, 0.1) is 33.6 Å². The van der Waals surface area contributed by atoms with E-state index in [1.54, 1.807) is 0 Å². The van der Waals surface area contributed by atoms with Gasteiger partial charge in [0.25, 0.3) is 23.6 Å². The van der Waals surface area contributed by atoms with E-state index in [0.29, 0.717) is 77.5 Å². The standard InChI is InChI=1S/C72H58N2O8/c1-39(2)47-31-21-32-48(40(3)4)67(47)73-69(75)61-55(79-43-23-13-9-14-24-43)35-51-53-37-57(81-45-27-17-11-18-28-45)63-66-60(53)54(52-36-56(80-44-25-15-10-16-26-44)62(70(73)76)65(61)59(51)52)38-58(82-46-29-19-12-20-30-46)64(66)72(78)74(71(63)77)68-49(41(5)6)33-22-34-50(68)42(7)8/h9-42H,1-8H3. The number of carbonyl (C=O) groups is 4. The van der Waals surface area contributed by atoms with Gasteiger partial charge in [-0.05, 0) is 151 Å². The van der Waals surface area contributed by atoms with Crippen LogP contribution in [0.4, 0.5) is 11.4 Å². The summed E-state index contributed by atoms with van der Waals surface area (Å²) >= 11 is 0. The van der Waals surface area contributed by atoms with Crippen LogP contribution >= 0.6 is 0 Å². The molecule has 0 aromatic heterocycles. The van der Waals surface area contributed by atoms with Gasteiger partial charge < -0.3 is 18.9 Å². The molecule has 0 fully saturated rings. The highest BCUT2D eigenvalue weighted by Gasteiger charge is 2.45. The number of hydrogen-bond acceptors (Lipinski definition) is 8. The molecular formula is C72H58N2O8. The molecule has 0 aliphatic carbocycles. The molecule has 404 valence electrons. The summed E-state index contributed by atoms with van der Waals surface area (Å²) in [5.41, 5.74) is 5.01. The quantitative estimate of drug-likeness (QED) is 0.0601. The average molecular weight is 1080 g/mol. The van der Waals surface area contributed by atoms with Crippen LogP contribution in [-0.4, -0.2) is 23.6 Å². The molecule has 0 unspecified atom stereocenters. The van der Waals surface area contributed by atoms with E-state index >= 15 is 19.2 Å². The minimum atomic E-state index is -0.566. The van der Waals surface area contributed by atoms with Gasteiger partial charge in [-0.15, -0.1) is 0 Å². The SMILES string of the molecule is CC(C)c1cccc(C(C)C)c1N1C(=O)c2c(Oc3ccccc3)cc3c4cc(Oc5ccccc5)c5c6c(c(Oc7ccccc7)cc(c7cc(Oc8ccccc8)c(c2c37)C1=O)c64)C(=O)N(c1c(C(C)C)cccc1C(C)C)C5=O. The largest absolute Gasteiger partial charge is 0.456 e. The predicted octanol–water partition coefficient (Wildman–Crippen LogP) is 19.0. The summed E-state index contributed by atoms with van der Waals surface area (Å²) in [6.45, 7) is 16.4. The zero-order valence-electron chi connectivity index (χ0n) is 46.8. The maximum absolute atomic E-state index is 16.3. The lowest BCUT2D eigenvalue weighted by Gasteiger charge is -2.35. The van der Waals surface area contributed by atoms with Crippen molar-refractivity contribution in [3.63, 3.8) is 0 Å². The summed E-state index contributed by atoms with van der Waals surface area (Å²) in [7, 11) is 0. The molecule has 10 nitrogen and oxygen atoms in total. The maximum Gasteiger partial charge on any atom is 0.269 e. The number of ether oxygens (including phenoxy) is 4. The van der Waals surface area contributed by atoms with Crippen LogP contribution in [0.25, 0.3) is 43.1 Å². The van der Waals surface area contributed by atoms with Crippen LogP contribution in [0, 0.1) is 0 Å². The number of benzene rings is 11. The Bertz CT molecular complexity index is 3870. The Labute approximate surface area is 475 Å². The Morgan fingerprint density at radius 2 is 0.500 bits per heavy atom. The van der Waals surface area contributed by atoms with Crippen molar-refractivity contribution in [1.82, 2.24) is 0 Å². The third-order valence-corrected chi connectivity index (χ3v) is 15.9. The molecular weight excluding hydrogens is 1020 g/mol. The van der Waals surface area contributed by atoms with E-state index in [1.165, 1.54) is 9.80 Å². The number of imide groups is 2. The van der Waals surface area contributed by atoms with Gasteiger partial charge in [0.15, 0.2) is 0 Å². The molecule has 0 bridgehead atoms. The van der Waals surface area contributed by atoms with Gasteiger partial charge >= 0.3 is 0 Å². The third kappa shape index (κ3) is 8.22. The fourth-order valence-electron chi connectivity index (χ4n) is 12.2. The van der Waals surface area contributed by atoms with Crippen molar-refractivity contribution in [3.8, 4) is 46.0 Å². The van der Waals surface area contributed by atoms with E-state index in [9.17, 15) is 0 Å². The minimum Gasteiger partial charge on any atom is -0.456 e. The number of anilines is 2. The summed E-state index contributed by atoms with van der Waals surface area (Å²) in [4.78, 5) is 67.8. The summed E-state index contributed by atoms with van der Waals surface area (Å²) in [5, 5.41) is 4.05. The fraction of sp³-hybridized carbons (Fsp3) is 0.167. The first kappa shape index (κ1) is 51.6. The first-order chi connectivity index (χ1) is 39.7. The van der Waals surface area contributed by atoms with Crippen LogP contribution in [0.5, 0.6) is 46.0 Å². The van der Waals surface area contributed by atoms with E-state index in [1.807, 2.05) is 182 Å². The Morgan fingerprint density at radius 3 is 0.707 bits per heavy atom. The smallest absolute Gasteiger partial charge is 0.269 e. The van der Waals surface area contributed by atoms with Gasteiger partial charge in [-0.2, -0.15) is 0 Å². The van der Waals surface area contributed by atoms with Crippen molar-refractivity contribution >= 4 is 78.1 Å². The molecule has 0 N–H and O–H groups in total. The molecule has 0 atom stereocenters. The Balaban J connectivity index is 1.23. The molecule has 2 aliphatic rings. The Morgan fingerprint density at radius 1 is 0.280 bits per heavy atom. The van der Waals surface area contributed by atoms with Gasteiger partial charge in [0.1, 0.15) is 46.0 Å². The van der Waals surface area contributed by atoms with Crippen LogP contribution < -0.4 is 28.7 Å². The molecule has 2 aliphatic heterocycles. The summed E-state index contributed by atoms with van der Waals surface area (Å²) in [5.74, 6) is -0.0173. The lowest BCUT2D eigenvalue weighted by Crippen LogP contribution is -2.42. The molecule has 2 heterocycles. The highest BCUT2D eigenvalue weighted by atomic mass is 16.5. The predicted molar refractivity (Wildman–Crippen MR) is 325 cm³/mol. The molecule has 10 heteroatoms. The van der Waals surface area contributed by atoms with E-state index in [2.05, 4.69) is 55.4 Å². The van der Waals surface area contributed by atoms with Crippen LogP contribution in [0.1, 0.15) is 143 Å². The summed E-state index contributed by atoms with van der Waals surface area (Å²) < 4.78 is 27.9. The van der Waals surface area contributed by atoms with Gasteiger partial charge in [-0.25, -0.2) is 9.80 Å². The monoisotopic (exact) mass is 1080 g/mol. The van der Waals surface area contributed by atoms with Crippen molar-refractivity contribution in [2.24, 2.45) is 0 Å². The zero-order chi connectivity index (χ0) is 56.8. The second kappa shape index (κ2) is 20.1. The Hall–Kier alpha value is -9.80. The third-order valence-electron chi connectivity index (χ3n) is 15.9. The van der Waals surface area contributed by atoms with Gasteiger partial charge in [0, 0.05) is 10.8 Å². The van der Waals surface area contributed by atoms with Crippen LogP contribution in [0.15, 0.2) is 182 Å². The molecule has 13 rings (SSSR count). The minimum absolute atomic E-state index is 0.0718. The molecule has 0 saturated carbocycles. The number of fused-ring (bicyclic) bond motifs is 2. The van der Waals surface area contributed by atoms with Crippen LogP contribution in [0.2, 0.25) is 0 Å². The first-order valence-electron chi connectivity index (χ1n) is 28.0. The lowest BCUT2D eigenvalue weighted by atomic mass is 9.80. The molecule has 82 heavy (non-hydrogen) atoms. The maximum atomic E-state index is 16.3. The number of hydrogen-bond donors (Lipinski definition) is 0. The number of carbonyl (C=O) groups excluding carboxylic acids is 4. The van der Waals surface area contributed by atoms with E-state index in [0.717, 1.165) is 22.3 Å². The molecule has 11 aromatic carbocycles. The Kier molecular flexibility index (Phi) is 12.6. The van der Waals surface area contributed by atoms with Crippen LogP contribution in [-0.2, 0) is 0 Å². The van der Waals surface area contributed by atoms with Gasteiger partial charge in [-0.3, -0.25) is 19.2 Å². The molecule has 4 amide bonds. The number of nitrogens with zero attached hydrogens (tertiary/aromatic N) is 2. The normalized spacial score (nSPS) is 13.4. The second-order valence-corrected chi connectivity index (χ2v) is 22.4. The van der Waals surface area contributed by atoms with Gasteiger partial charge in [-0.1, -0.05) is 165 Å². The van der Waals surface area contributed by atoms with Crippen molar-refractivity contribution in [2.45, 2.75) is 79.1 Å². The van der Waals surface area contributed by atoms with Gasteiger partial charge in [0.2, 0.25) is 0 Å². The van der Waals surface area contributed by atoms with Crippen LogP contribution in [0.3, 0.4) is 0 Å². The summed E-state index contributed by atoms with van der Waals surface area (Å²) in [6.07, 6.45) is 0. The zero-order valence-corrected chi connectivity index (χ0v) is 46.8. The molecule has 0 radical (unpaired) electrons. The average Bonchev–Trinajstić information content (AvgIpc) is 0.742. The first-order valence-corrected chi connectivity index (χ1v) is 28.0. The molecule has 0 spiro atoms. The van der Waals surface area contributed by atoms with Crippen molar-refractivity contribution in [2.75, 3.05) is 9.80 Å². The molecule has 0 saturated heterocycles. The summed E-state index contributed by atoms with van der Waals surface area (Å²) in [6, 6.07) is 56.2. The highest BCUT2D eigenvalue weighted by Crippen LogP contribution is 2.56. The van der Waals surface area contributed by atoms with E-state index in [4.69, 9.17) is 18.9 Å². The van der Waals surface area contributed by atoms with Crippen molar-refractivity contribution < 1.29 is 38.1 Å². The van der Waals surface area contributed by atoms with E-state index in [-0.39, 0.29) is 68.9 Å². The highest BCUT2D eigenvalue weighted by molar-refractivity contribution is 6.47. The second-order valence-electron chi connectivity index (χ2n) is 22.4. The number of rotatable bonds is 14. The van der Waals surface area contributed by atoms with E-state index < -0.39 is 23.6 Å². The van der Waals surface area contributed by atoms with Crippen molar-refractivity contribution in [1.29, 1.82) is 0 Å². The topological polar surface area (TPSA) is 112 Å². The number of para-hydroxylation sites is 6.